The molecule has 132 valence electrons. The number of benzene rings is 2. The molecule has 2 rings (SSSR count). The second-order valence-corrected chi connectivity index (χ2v) is 6.28. The molecule has 1 N–H and O–H groups in total. The lowest BCUT2D eigenvalue weighted by molar-refractivity contribution is -0.120. The quantitative estimate of drug-likeness (QED) is 0.840. The first-order valence-electron chi connectivity index (χ1n) is 7.49. The smallest absolute Gasteiger partial charge is 0.244 e. The molecule has 5 nitrogen and oxygen atoms in total. The number of aryl methyl sites for hydroxylation is 1. The summed E-state index contributed by atoms with van der Waals surface area (Å²) in [6.07, 6.45) is 0. The van der Waals surface area contributed by atoms with Crippen molar-refractivity contribution in [2.24, 2.45) is 0 Å². The summed E-state index contributed by atoms with van der Waals surface area (Å²) < 4.78 is 5.30. The zero-order valence-corrected chi connectivity index (χ0v) is 15.6. The molecule has 0 saturated heterocycles. The average Bonchev–Trinajstić information content (AvgIpc) is 2.56. The van der Waals surface area contributed by atoms with E-state index in [-0.39, 0.29) is 18.4 Å². The molecule has 2 aromatic rings. The predicted molar refractivity (Wildman–Crippen MR) is 101 cm³/mol. The Morgan fingerprint density at radius 1 is 1.16 bits per heavy atom. The molecular formula is C18H18Cl2N2O3. The van der Waals surface area contributed by atoms with Crippen LogP contribution >= 0.6 is 23.2 Å². The Bertz CT molecular complexity index is 792. The van der Waals surface area contributed by atoms with Crippen molar-refractivity contribution < 1.29 is 14.3 Å². The van der Waals surface area contributed by atoms with Crippen LogP contribution in [0.5, 0.6) is 5.75 Å². The summed E-state index contributed by atoms with van der Waals surface area (Å²) in [5.74, 6) is -0.205. The number of hydrogen-bond donors (Lipinski definition) is 1. The molecule has 0 fully saturated rings. The summed E-state index contributed by atoms with van der Waals surface area (Å²) in [6, 6.07) is 10.1. The lowest BCUT2D eigenvalue weighted by Crippen LogP contribution is -2.37. The van der Waals surface area contributed by atoms with Gasteiger partial charge < -0.3 is 10.1 Å². The van der Waals surface area contributed by atoms with Gasteiger partial charge in [-0.15, -0.1) is 0 Å². The highest BCUT2D eigenvalue weighted by Gasteiger charge is 2.20. The number of anilines is 2. The van der Waals surface area contributed by atoms with Crippen LogP contribution in [-0.2, 0) is 9.59 Å². The number of hydrogen-bond acceptors (Lipinski definition) is 3. The topological polar surface area (TPSA) is 58.6 Å². The van der Waals surface area contributed by atoms with E-state index in [0.29, 0.717) is 27.2 Å². The SMILES string of the molecule is COc1cc(Cl)c(C)cc1N(CC(=O)Nc1ccc(Cl)cc1)C(C)=O. The molecule has 0 heterocycles. The van der Waals surface area contributed by atoms with Crippen molar-refractivity contribution in [1.29, 1.82) is 0 Å². The van der Waals surface area contributed by atoms with E-state index in [9.17, 15) is 9.59 Å². The van der Waals surface area contributed by atoms with Crippen LogP contribution in [0.25, 0.3) is 0 Å². The Labute approximate surface area is 156 Å². The number of carbonyl (C=O) groups is 2. The van der Waals surface area contributed by atoms with Gasteiger partial charge in [0.25, 0.3) is 0 Å². The summed E-state index contributed by atoms with van der Waals surface area (Å²) in [4.78, 5) is 25.8. The summed E-state index contributed by atoms with van der Waals surface area (Å²) in [5, 5.41) is 3.83. The van der Waals surface area contributed by atoms with Crippen molar-refractivity contribution in [3.05, 3.63) is 52.0 Å². The zero-order valence-electron chi connectivity index (χ0n) is 14.1. The van der Waals surface area contributed by atoms with E-state index in [1.807, 2.05) is 6.92 Å². The van der Waals surface area contributed by atoms with Gasteiger partial charge in [0.15, 0.2) is 0 Å². The highest BCUT2D eigenvalue weighted by Crippen LogP contribution is 2.34. The summed E-state index contributed by atoms with van der Waals surface area (Å²) in [7, 11) is 1.48. The number of halogens is 2. The molecule has 0 aromatic heterocycles. The Morgan fingerprint density at radius 2 is 1.80 bits per heavy atom. The highest BCUT2D eigenvalue weighted by atomic mass is 35.5. The van der Waals surface area contributed by atoms with Gasteiger partial charge in [-0.05, 0) is 42.8 Å². The largest absolute Gasteiger partial charge is 0.495 e. The Balaban J connectivity index is 2.24. The molecule has 0 aliphatic carbocycles. The highest BCUT2D eigenvalue weighted by molar-refractivity contribution is 6.31. The fraction of sp³-hybridized carbons (Fsp3) is 0.222. The maximum atomic E-state index is 12.3. The van der Waals surface area contributed by atoms with E-state index in [1.54, 1.807) is 36.4 Å². The van der Waals surface area contributed by atoms with Crippen molar-refractivity contribution in [1.82, 2.24) is 0 Å². The van der Waals surface area contributed by atoms with Gasteiger partial charge in [-0.25, -0.2) is 0 Å². The first-order valence-corrected chi connectivity index (χ1v) is 8.25. The van der Waals surface area contributed by atoms with Crippen LogP contribution < -0.4 is 15.0 Å². The zero-order chi connectivity index (χ0) is 18.6. The Kier molecular flexibility index (Phi) is 6.28. The van der Waals surface area contributed by atoms with Crippen LogP contribution in [0.1, 0.15) is 12.5 Å². The maximum absolute atomic E-state index is 12.3. The molecule has 0 radical (unpaired) electrons. The standard InChI is InChI=1S/C18H18Cl2N2O3/c1-11-8-16(17(25-3)9-15(11)20)22(12(2)23)10-18(24)21-14-6-4-13(19)5-7-14/h4-9H,10H2,1-3H3,(H,21,24). The summed E-state index contributed by atoms with van der Waals surface area (Å²) in [5.41, 5.74) is 1.86. The van der Waals surface area contributed by atoms with Gasteiger partial charge >= 0.3 is 0 Å². The van der Waals surface area contributed by atoms with E-state index in [2.05, 4.69) is 5.32 Å². The Morgan fingerprint density at radius 3 is 2.36 bits per heavy atom. The first kappa shape index (κ1) is 19.1. The van der Waals surface area contributed by atoms with Gasteiger partial charge in [0, 0.05) is 28.7 Å². The Hall–Kier alpha value is -2.24. The summed E-state index contributed by atoms with van der Waals surface area (Å²) in [6.45, 7) is 3.05. The van der Waals surface area contributed by atoms with E-state index in [4.69, 9.17) is 27.9 Å². The number of nitrogens with one attached hydrogen (secondary N) is 1. The first-order chi connectivity index (χ1) is 11.8. The van der Waals surface area contributed by atoms with Crippen LogP contribution in [0, 0.1) is 6.92 Å². The molecule has 0 unspecified atom stereocenters. The number of ether oxygens (including phenoxy) is 1. The lowest BCUT2D eigenvalue weighted by Gasteiger charge is -2.23. The van der Waals surface area contributed by atoms with Gasteiger partial charge in [-0.3, -0.25) is 14.5 Å². The molecule has 0 aliphatic heterocycles. The molecule has 0 atom stereocenters. The van der Waals surface area contributed by atoms with Gasteiger partial charge in [0.05, 0.1) is 12.8 Å². The third-order valence-electron chi connectivity index (χ3n) is 3.56. The van der Waals surface area contributed by atoms with Gasteiger partial charge in [-0.1, -0.05) is 23.2 Å². The van der Waals surface area contributed by atoms with Crippen molar-refractivity contribution in [3.8, 4) is 5.75 Å². The molecule has 2 amide bonds. The fourth-order valence-corrected chi connectivity index (χ4v) is 2.55. The van der Waals surface area contributed by atoms with Crippen LogP contribution in [-0.4, -0.2) is 25.5 Å². The minimum Gasteiger partial charge on any atom is -0.495 e. The van der Waals surface area contributed by atoms with Crippen LogP contribution in [0.4, 0.5) is 11.4 Å². The van der Waals surface area contributed by atoms with Crippen LogP contribution in [0.3, 0.4) is 0 Å². The third-order valence-corrected chi connectivity index (χ3v) is 4.22. The van der Waals surface area contributed by atoms with Crippen molar-refractivity contribution in [2.45, 2.75) is 13.8 Å². The lowest BCUT2D eigenvalue weighted by atomic mass is 10.2. The maximum Gasteiger partial charge on any atom is 0.244 e. The molecular weight excluding hydrogens is 363 g/mol. The monoisotopic (exact) mass is 380 g/mol. The third kappa shape index (κ3) is 4.87. The number of rotatable bonds is 5. The second-order valence-electron chi connectivity index (χ2n) is 5.43. The average molecular weight is 381 g/mol. The van der Waals surface area contributed by atoms with Crippen molar-refractivity contribution in [3.63, 3.8) is 0 Å². The molecule has 2 aromatic carbocycles. The van der Waals surface area contributed by atoms with Crippen molar-refractivity contribution >= 4 is 46.4 Å². The second kappa shape index (κ2) is 8.23. The molecule has 0 aliphatic rings. The van der Waals surface area contributed by atoms with Crippen molar-refractivity contribution in [2.75, 3.05) is 23.9 Å². The predicted octanol–water partition coefficient (Wildman–Crippen LogP) is 4.30. The van der Waals surface area contributed by atoms with E-state index >= 15 is 0 Å². The fourth-order valence-electron chi connectivity index (χ4n) is 2.27. The van der Waals surface area contributed by atoms with Gasteiger partial charge in [-0.2, -0.15) is 0 Å². The van der Waals surface area contributed by atoms with E-state index < -0.39 is 0 Å². The summed E-state index contributed by atoms with van der Waals surface area (Å²) >= 11 is 11.9. The van der Waals surface area contributed by atoms with E-state index in [0.717, 1.165) is 5.56 Å². The number of methoxy groups -OCH3 is 1. The van der Waals surface area contributed by atoms with Gasteiger partial charge in [0.1, 0.15) is 12.3 Å². The van der Waals surface area contributed by atoms with Crippen LogP contribution in [0.2, 0.25) is 10.0 Å². The molecule has 0 spiro atoms. The molecule has 0 bridgehead atoms. The normalized spacial score (nSPS) is 10.3. The molecule has 25 heavy (non-hydrogen) atoms. The van der Waals surface area contributed by atoms with Crippen LogP contribution in [0.15, 0.2) is 36.4 Å². The molecule has 0 saturated carbocycles. The minimum absolute atomic E-state index is 0.157. The minimum atomic E-state index is -0.341. The van der Waals surface area contributed by atoms with Gasteiger partial charge in [0.2, 0.25) is 11.8 Å². The number of amides is 2. The number of carbonyl (C=O) groups excluding carboxylic acids is 2. The molecule has 7 heteroatoms. The van der Waals surface area contributed by atoms with E-state index in [1.165, 1.54) is 18.9 Å². The number of nitrogens with zero attached hydrogens (tertiary/aromatic N) is 1.